The first-order valence-electron chi connectivity index (χ1n) is 8.63. The molecule has 0 aromatic heterocycles. The number of non-ortho nitro benzene ring substituents is 1. The van der Waals surface area contributed by atoms with Crippen molar-refractivity contribution >= 4 is 38.9 Å². The number of nitro benzene ring substituents is 1. The second-order valence-electron chi connectivity index (χ2n) is 6.04. The SMILES string of the molecule is CCCS(=O)(=O)Nc1ccc(NC(=O)CNC(=O)c2cccc([N+](=O)[O-])c2)cc1. The Morgan fingerprint density at radius 2 is 1.72 bits per heavy atom. The van der Waals surface area contributed by atoms with Crippen LogP contribution in [0.5, 0.6) is 0 Å². The van der Waals surface area contributed by atoms with Crippen molar-refractivity contribution in [3.05, 3.63) is 64.2 Å². The molecule has 0 saturated carbocycles. The molecule has 11 heteroatoms. The van der Waals surface area contributed by atoms with Gasteiger partial charge in [-0.25, -0.2) is 8.42 Å². The third-order valence-electron chi connectivity index (χ3n) is 3.64. The Bertz CT molecular complexity index is 1010. The maximum absolute atomic E-state index is 12.0. The minimum Gasteiger partial charge on any atom is -0.343 e. The summed E-state index contributed by atoms with van der Waals surface area (Å²) in [7, 11) is -3.40. The highest BCUT2D eigenvalue weighted by Gasteiger charge is 2.13. The number of carbonyl (C=O) groups excluding carboxylic acids is 2. The molecule has 0 aliphatic heterocycles. The molecular weight excluding hydrogens is 400 g/mol. The van der Waals surface area contributed by atoms with Gasteiger partial charge in [0.2, 0.25) is 15.9 Å². The Morgan fingerprint density at radius 1 is 1.07 bits per heavy atom. The largest absolute Gasteiger partial charge is 0.343 e. The van der Waals surface area contributed by atoms with E-state index in [1.54, 1.807) is 6.92 Å². The van der Waals surface area contributed by atoms with Gasteiger partial charge in [-0.15, -0.1) is 0 Å². The number of sulfonamides is 1. The highest BCUT2D eigenvalue weighted by atomic mass is 32.2. The molecule has 0 aliphatic carbocycles. The van der Waals surface area contributed by atoms with Crippen LogP contribution < -0.4 is 15.4 Å². The normalized spacial score (nSPS) is 10.8. The molecule has 0 aliphatic rings. The monoisotopic (exact) mass is 420 g/mol. The van der Waals surface area contributed by atoms with Crippen LogP contribution in [-0.2, 0) is 14.8 Å². The molecule has 0 saturated heterocycles. The van der Waals surface area contributed by atoms with Crippen LogP contribution in [0.1, 0.15) is 23.7 Å². The molecule has 154 valence electrons. The molecule has 0 spiro atoms. The summed E-state index contributed by atoms with van der Waals surface area (Å²) in [5.74, 6) is -1.12. The molecule has 0 unspecified atom stereocenters. The number of nitrogens with zero attached hydrogens (tertiary/aromatic N) is 1. The van der Waals surface area contributed by atoms with Crippen LogP contribution in [0, 0.1) is 10.1 Å². The van der Waals surface area contributed by atoms with E-state index in [9.17, 15) is 28.1 Å². The van der Waals surface area contributed by atoms with Crippen molar-refractivity contribution in [1.29, 1.82) is 0 Å². The highest BCUT2D eigenvalue weighted by Crippen LogP contribution is 2.15. The summed E-state index contributed by atoms with van der Waals surface area (Å²) in [5.41, 5.74) is 0.626. The van der Waals surface area contributed by atoms with Crippen LogP contribution in [0.15, 0.2) is 48.5 Å². The number of amides is 2. The number of carbonyl (C=O) groups is 2. The highest BCUT2D eigenvalue weighted by molar-refractivity contribution is 7.92. The van der Waals surface area contributed by atoms with Gasteiger partial charge in [-0.05, 0) is 36.8 Å². The van der Waals surface area contributed by atoms with Crippen molar-refractivity contribution in [3.63, 3.8) is 0 Å². The van der Waals surface area contributed by atoms with Gasteiger partial charge >= 0.3 is 0 Å². The van der Waals surface area contributed by atoms with Gasteiger partial charge in [-0.2, -0.15) is 0 Å². The fourth-order valence-corrected chi connectivity index (χ4v) is 3.48. The predicted octanol–water partition coefficient (Wildman–Crippen LogP) is 2.11. The van der Waals surface area contributed by atoms with Crippen LogP contribution >= 0.6 is 0 Å². The Morgan fingerprint density at radius 3 is 2.34 bits per heavy atom. The summed E-state index contributed by atoms with van der Waals surface area (Å²) in [6.45, 7) is 1.42. The lowest BCUT2D eigenvalue weighted by atomic mass is 10.2. The van der Waals surface area contributed by atoms with Crippen molar-refractivity contribution in [3.8, 4) is 0 Å². The molecule has 29 heavy (non-hydrogen) atoms. The van der Waals surface area contributed by atoms with E-state index < -0.39 is 26.8 Å². The van der Waals surface area contributed by atoms with E-state index in [1.807, 2.05) is 0 Å². The molecule has 2 aromatic rings. The number of anilines is 2. The van der Waals surface area contributed by atoms with Crippen molar-refractivity contribution in [2.45, 2.75) is 13.3 Å². The van der Waals surface area contributed by atoms with E-state index >= 15 is 0 Å². The van der Waals surface area contributed by atoms with Gasteiger partial charge in [0.05, 0.1) is 17.2 Å². The quantitative estimate of drug-likeness (QED) is 0.418. The fraction of sp³-hybridized carbons (Fsp3) is 0.222. The number of hydrogen-bond acceptors (Lipinski definition) is 6. The Hall–Kier alpha value is -3.47. The molecule has 2 rings (SSSR count). The van der Waals surface area contributed by atoms with Gasteiger partial charge in [-0.1, -0.05) is 13.0 Å². The minimum absolute atomic E-state index is 0.00968. The van der Waals surface area contributed by atoms with Crippen LogP contribution in [0.2, 0.25) is 0 Å². The van der Waals surface area contributed by atoms with Gasteiger partial charge in [0.25, 0.3) is 11.6 Å². The number of nitro groups is 1. The van der Waals surface area contributed by atoms with Crippen LogP contribution in [-0.4, -0.2) is 37.5 Å². The Labute approximate surface area is 167 Å². The summed E-state index contributed by atoms with van der Waals surface area (Å²) in [6, 6.07) is 11.2. The third-order valence-corrected chi connectivity index (χ3v) is 5.14. The van der Waals surface area contributed by atoms with Gasteiger partial charge in [-0.3, -0.25) is 24.4 Å². The predicted molar refractivity (Wildman–Crippen MR) is 108 cm³/mol. The molecule has 10 nitrogen and oxygen atoms in total. The second-order valence-corrected chi connectivity index (χ2v) is 7.88. The Balaban J connectivity index is 1.88. The smallest absolute Gasteiger partial charge is 0.270 e. The van der Waals surface area contributed by atoms with Crippen molar-refractivity contribution < 1.29 is 22.9 Å². The zero-order valence-electron chi connectivity index (χ0n) is 15.5. The van der Waals surface area contributed by atoms with E-state index in [1.165, 1.54) is 42.5 Å². The average Bonchev–Trinajstić information content (AvgIpc) is 2.67. The van der Waals surface area contributed by atoms with E-state index in [4.69, 9.17) is 0 Å². The zero-order valence-corrected chi connectivity index (χ0v) is 16.4. The standard InChI is InChI=1S/C18H20N4O6S/c1-2-10-29(27,28)21-15-8-6-14(7-9-15)20-17(23)12-19-18(24)13-4-3-5-16(11-13)22(25)26/h3-9,11,21H,2,10,12H2,1H3,(H,19,24)(H,20,23). The molecule has 0 fully saturated rings. The molecule has 0 heterocycles. The van der Waals surface area contributed by atoms with E-state index in [-0.39, 0.29) is 23.5 Å². The molecule has 0 atom stereocenters. The minimum atomic E-state index is -3.40. The molecule has 0 bridgehead atoms. The first-order chi connectivity index (χ1) is 13.7. The first kappa shape index (κ1) is 21.8. The van der Waals surface area contributed by atoms with Crippen molar-refractivity contribution in [1.82, 2.24) is 5.32 Å². The van der Waals surface area contributed by atoms with E-state index in [2.05, 4.69) is 15.4 Å². The summed E-state index contributed by atoms with van der Waals surface area (Å²) in [4.78, 5) is 34.1. The topological polar surface area (TPSA) is 148 Å². The third kappa shape index (κ3) is 6.88. The van der Waals surface area contributed by atoms with E-state index in [0.717, 1.165) is 6.07 Å². The summed E-state index contributed by atoms with van der Waals surface area (Å²) in [6.07, 6.45) is 0.492. The molecular formula is C18H20N4O6S. The summed E-state index contributed by atoms with van der Waals surface area (Å²) >= 11 is 0. The molecule has 0 radical (unpaired) electrons. The van der Waals surface area contributed by atoms with Crippen LogP contribution in [0.3, 0.4) is 0 Å². The molecule has 2 amide bonds. The van der Waals surface area contributed by atoms with E-state index in [0.29, 0.717) is 17.8 Å². The lowest BCUT2D eigenvalue weighted by molar-refractivity contribution is -0.384. The average molecular weight is 420 g/mol. The van der Waals surface area contributed by atoms with Crippen molar-refractivity contribution in [2.24, 2.45) is 0 Å². The lowest BCUT2D eigenvalue weighted by Crippen LogP contribution is -2.32. The summed E-state index contributed by atoms with van der Waals surface area (Å²) < 4.78 is 25.9. The van der Waals surface area contributed by atoms with Gasteiger partial charge in [0, 0.05) is 29.1 Å². The van der Waals surface area contributed by atoms with Gasteiger partial charge in [0.15, 0.2) is 0 Å². The molecule has 2 aromatic carbocycles. The maximum Gasteiger partial charge on any atom is 0.270 e. The lowest BCUT2D eigenvalue weighted by Gasteiger charge is -2.09. The second kappa shape index (κ2) is 9.64. The van der Waals surface area contributed by atoms with Gasteiger partial charge in [0.1, 0.15) is 0 Å². The fourth-order valence-electron chi connectivity index (χ4n) is 2.35. The van der Waals surface area contributed by atoms with Crippen molar-refractivity contribution in [2.75, 3.05) is 22.3 Å². The summed E-state index contributed by atoms with van der Waals surface area (Å²) in [5, 5.41) is 15.7. The number of hydrogen-bond donors (Lipinski definition) is 3. The first-order valence-corrected chi connectivity index (χ1v) is 10.3. The van der Waals surface area contributed by atoms with Gasteiger partial charge < -0.3 is 10.6 Å². The number of nitrogens with one attached hydrogen (secondary N) is 3. The maximum atomic E-state index is 12.0. The molecule has 3 N–H and O–H groups in total. The van der Waals surface area contributed by atoms with Crippen LogP contribution in [0.25, 0.3) is 0 Å². The zero-order chi connectivity index (χ0) is 21.4. The number of benzene rings is 2. The Kier molecular flexibility index (Phi) is 7.26. The van der Waals surface area contributed by atoms with Crippen LogP contribution in [0.4, 0.5) is 17.1 Å². The number of rotatable bonds is 9.